The van der Waals surface area contributed by atoms with Gasteiger partial charge in [-0.05, 0) is 17.4 Å². The van der Waals surface area contributed by atoms with Gasteiger partial charge in [0.15, 0.2) is 0 Å². The molecular weight excluding hydrogens is 672 g/mol. The van der Waals surface area contributed by atoms with Crippen molar-refractivity contribution in [3.8, 4) is 11.1 Å². The molecule has 0 bridgehead atoms. The number of rotatable bonds is 4. The summed E-state index contributed by atoms with van der Waals surface area (Å²) in [6.07, 6.45) is 1.03. The molecule has 0 aromatic heterocycles. The number of ketones is 2. The van der Waals surface area contributed by atoms with Crippen LogP contribution in [0.25, 0.3) is 11.1 Å². The first-order valence-electron chi connectivity index (χ1n) is 15.8. The molecule has 0 fully saturated rings. The molecule has 5 heteroatoms. The molecule has 48 heavy (non-hydrogen) atoms. The van der Waals surface area contributed by atoms with Crippen LogP contribution in [0.5, 0.6) is 0 Å². The number of hydrogen-bond acceptors (Lipinski definition) is 2. The minimum absolute atomic E-state index is 0. The summed E-state index contributed by atoms with van der Waals surface area (Å²) in [5.74, 6) is -0.356. The van der Waals surface area contributed by atoms with E-state index >= 15 is 0 Å². The van der Waals surface area contributed by atoms with Gasteiger partial charge in [0.25, 0.3) is 0 Å². The van der Waals surface area contributed by atoms with Crippen LogP contribution in [0.1, 0.15) is 95.6 Å². The van der Waals surface area contributed by atoms with Gasteiger partial charge in [0, 0.05) is 0 Å². The Morgan fingerprint density at radius 2 is 1.19 bits per heavy atom. The number of fused-ring (bicyclic) bond motifs is 3. The quantitative estimate of drug-likeness (QED) is 0.103. The Bertz CT molecular complexity index is 1700. The van der Waals surface area contributed by atoms with Crippen LogP contribution in [-0.4, -0.2) is 14.8 Å². The molecule has 4 nitrogen and oxygen atoms in total. The summed E-state index contributed by atoms with van der Waals surface area (Å²) in [6.45, 7) is 17.9. The molecule has 0 N–H and O–H groups in total. The fraction of sp³-hybridized carbons (Fsp3) is 0.256. The van der Waals surface area contributed by atoms with Crippen molar-refractivity contribution in [3.63, 3.8) is 0 Å². The van der Waals surface area contributed by atoms with E-state index in [4.69, 9.17) is 0 Å². The zero-order valence-electron chi connectivity index (χ0n) is 29.2. The first kappa shape index (κ1) is 40.4. The molecule has 1 aliphatic rings. The van der Waals surface area contributed by atoms with Crippen LogP contribution >= 0.6 is 0 Å². The summed E-state index contributed by atoms with van der Waals surface area (Å²) in [5, 5.41) is 0. The third-order valence-corrected chi connectivity index (χ3v) is 9.23. The van der Waals surface area contributed by atoms with Gasteiger partial charge in [-0.3, -0.25) is 0 Å². The molecule has 5 aromatic rings. The molecule has 0 saturated carbocycles. The van der Waals surface area contributed by atoms with Crippen molar-refractivity contribution in [3.05, 3.63) is 160 Å². The van der Waals surface area contributed by atoms with Gasteiger partial charge in [-0.2, -0.15) is 47.0 Å². The second-order valence-electron chi connectivity index (χ2n) is 14.1. The molecular formula is C43H44O4Zr-6. The maximum absolute atomic E-state index is 12.1. The maximum Gasteiger partial charge on any atom is -2.00 e. The van der Waals surface area contributed by atoms with Gasteiger partial charge in [0.1, 0.15) is 0 Å². The second-order valence-corrected chi connectivity index (χ2v) is 15.3. The summed E-state index contributed by atoms with van der Waals surface area (Å²) in [5.41, 5.74) is 12.6. The Morgan fingerprint density at radius 1 is 0.688 bits per heavy atom. The van der Waals surface area contributed by atoms with Gasteiger partial charge in [-0.15, -0.1) is 5.56 Å². The van der Waals surface area contributed by atoms with Crippen LogP contribution in [0.2, 0.25) is 0 Å². The van der Waals surface area contributed by atoms with Crippen LogP contribution in [0.3, 0.4) is 0 Å². The SMILES string of the molecule is CC(C)(C)c1c[c-]c2c(c1)-c1cc(C(C)(C)C)ccc1C2.Cc1c[cH-]c(C)c1.O=C([C](=[Zr])C(=O)c1ccccc1)c1ccccc1.[O-2].[O-2]. The Hall–Kier alpha value is -3.76. The van der Waals surface area contributed by atoms with Crippen LogP contribution < -0.4 is 0 Å². The zero-order valence-corrected chi connectivity index (χ0v) is 31.7. The van der Waals surface area contributed by atoms with Gasteiger partial charge in [-0.1, -0.05) is 90.1 Å². The normalized spacial score (nSPS) is 11.1. The first-order valence-corrected chi connectivity index (χ1v) is 17.0. The van der Waals surface area contributed by atoms with Crippen molar-refractivity contribution in [2.24, 2.45) is 0 Å². The van der Waals surface area contributed by atoms with Crippen molar-refractivity contribution < 1.29 is 44.8 Å². The Balaban J connectivity index is 0.000000270. The second kappa shape index (κ2) is 17.1. The number of benzene rings is 4. The van der Waals surface area contributed by atoms with E-state index in [1.54, 1.807) is 48.5 Å². The minimum Gasteiger partial charge on any atom is -2.00 e. The molecule has 0 saturated heterocycles. The smallest absolute Gasteiger partial charge is 2.00 e. The summed E-state index contributed by atoms with van der Waals surface area (Å²) >= 11 is 0.842. The van der Waals surface area contributed by atoms with E-state index in [2.05, 4.69) is 110 Å². The van der Waals surface area contributed by atoms with Crippen molar-refractivity contribution >= 4 is 14.8 Å². The number of carbonyl (C=O) groups excluding carboxylic acids is 2. The van der Waals surface area contributed by atoms with Crippen molar-refractivity contribution in [2.75, 3.05) is 0 Å². The standard InChI is InChI=1S/C21H25.C15H10O2.C7H9.2O.Zr/c1-20(2,3)16-9-7-14-11-15-8-10-17(21(4,5)6)13-19(15)18(14)12-16;16-14(12-7-3-1-4-8-12)11-15(17)13-9-5-2-6-10-13;1-6-3-4-7(2)5-6;;;/h7,9-10,12-13H,11H2,1-6H3;1-10H;3-5H,1-2H3;;;/q-1;;-1;2*-2;. The van der Waals surface area contributed by atoms with Crippen LogP contribution in [0, 0.1) is 19.9 Å². The first-order chi connectivity index (χ1) is 21.6. The number of Topliss-reactive ketones (excluding diaryl/α,β-unsaturated/α-hetero) is 2. The molecule has 0 spiro atoms. The van der Waals surface area contributed by atoms with E-state index in [1.165, 1.54) is 44.5 Å². The van der Waals surface area contributed by atoms with Crippen molar-refractivity contribution in [1.82, 2.24) is 0 Å². The largest absolute Gasteiger partial charge is 2.00 e. The third-order valence-electron chi connectivity index (χ3n) is 8.12. The number of carbonyl (C=O) groups is 2. The van der Waals surface area contributed by atoms with E-state index in [9.17, 15) is 9.59 Å². The molecule has 1 aliphatic carbocycles. The molecule has 5 aromatic carbocycles. The van der Waals surface area contributed by atoms with E-state index < -0.39 is 0 Å². The van der Waals surface area contributed by atoms with Gasteiger partial charge < -0.3 is 11.0 Å². The summed E-state index contributed by atoms with van der Waals surface area (Å²) in [4.78, 5) is 24.2. The fourth-order valence-corrected chi connectivity index (χ4v) is 5.98. The summed E-state index contributed by atoms with van der Waals surface area (Å²) in [6, 6.07) is 39.3. The topological polar surface area (TPSA) is 91.1 Å². The monoisotopic (exact) mass is 714 g/mol. The van der Waals surface area contributed by atoms with Crippen LogP contribution in [0.4, 0.5) is 0 Å². The Labute approximate surface area is 301 Å². The molecule has 250 valence electrons. The Morgan fingerprint density at radius 3 is 1.60 bits per heavy atom. The predicted molar refractivity (Wildman–Crippen MR) is 190 cm³/mol. The average molecular weight is 716 g/mol. The Kier molecular flexibility index (Phi) is 14.4. The van der Waals surface area contributed by atoms with E-state index in [1.807, 2.05) is 12.1 Å². The van der Waals surface area contributed by atoms with E-state index in [0.717, 1.165) is 30.7 Å². The van der Waals surface area contributed by atoms with Crippen molar-refractivity contribution in [1.29, 1.82) is 0 Å². The molecule has 0 unspecified atom stereocenters. The molecule has 0 radical (unpaired) electrons. The molecule has 6 rings (SSSR count). The summed E-state index contributed by atoms with van der Waals surface area (Å²) < 4.78 is 0.333. The number of hydrogen-bond donors (Lipinski definition) is 0. The van der Waals surface area contributed by atoms with Crippen LogP contribution in [0.15, 0.2) is 109 Å². The summed E-state index contributed by atoms with van der Waals surface area (Å²) in [7, 11) is 0. The molecule has 0 heterocycles. The fourth-order valence-electron chi connectivity index (χ4n) is 5.27. The molecule has 0 atom stereocenters. The maximum atomic E-state index is 12.1. The van der Waals surface area contributed by atoms with Crippen LogP contribution in [-0.2, 0) is 52.4 Å². The van der Waals surface area contributed by atoms with Gasteiger partial charge >= 0.3 is 120 Å². The van der Waals surface area contributed by atoms with Gasteiger partial charge in [0.05, 0.1) is 0 Å². The zero-order chi connectivity index (χ0) is 33.6. The third kappa shape index (κ3) is 10.4. The van der Waals surface area contributed by atoms with E-state index in [-0.39, 0.29) is 33.3 Å². The van der Waals surface area contributed by atoms with Gasteiger partial charge in [-0.25, -0.2) is 11.6 Å². The van der Waals surface area contributed by atoms with Gasteiger partial charge in [0.2, 0.25) is 0 Å². The molecule has 0 aliphatic heterocycles. The minimum atomic E-state index is -0.178. The van der Waals surface area contributed by atoms with Crippen molar-refractivity contribution in [2.45, 2.75) is 72.6 Å². The number of aryl methyl sites for hydroxylation is 2. The predicted octanol–water partition coefficient (Wildman–Crippen LogP) is 9.91. The van der Waals surface area contributed by atoms with E-state index in [0.29, 0.717) is 14.3 Å². The molecule has 0 amide bonds. The average Bonchev–Trinajstić information content (AvgIpc) is 3.61.